The van der Waals surface area contributed by atoms with Gasteiger partial charge in [0, 0.05) is 5.39 Å². The van der Waals surface area contributed by atoms with Gasteiger partial charge in [-0.15, -0.1) is 0 Å². The molecule has 0 radical (unpaired) electrons. The zero-order chi connectivity index (χ0) is 19.3. The number of halogens is 5. The third-order valence-electron chi connectivity index (χ3n) is 6.68. The van der Waals surface area contributed by atoms with Crippen molar-refractivity contribution in [1.82, 2.24) is 0 Å². The summed E-state index contributed by atoms with van der Waals surface area (Å²) in [5.74, 6) is -0.496. The molecule has 4 rings (SSSR count). The van der Waals surface area contributed by atoms with E-state index in [1.165, 1.54) is 25.3 Å². The minimum Gasteiger partial charge on any atom is -0.206 e. The Hall–Kier alpha value is -1.65. The minimum absolute atomic E-state index is 0.173. The van der Waals surface area contributed by atoms with E-state index in [2.05, 4.69) is 6.92 Å². The summed E-state index contributed by atoms with van der Waals surface area (Å²) >= 11 is 0. The van der Waals surface area contributed by atoms with Gasteiger partial charge in [-0.2, -0.15) is 13.2 Å². The molecule has 2 aromatic carbocycles. The first kappa shape index (κ1) is 18.7. The van der Waals surface area contributed by atoms with Gasteiger partial charge in [0.1, 0.15) is 17.2 Å². The zero-order valence-electron chi connectivity index (χ0n) is 15.3. The highest BCUT2D eigenvalue weighted by Crippen LogP contribution is 2.48. The lowest BCUT2D eigenvalue weighted by atomic mass is 9.64. The summed E-state index contributed by atoms with van der Waals surface area (Å²) in [6.45, 7) is 2.31. The van der Waals surface area contributed by atoms with E-state index in [-0.39, 0.29) is 10.8 Å². The van der Waals surface area contributed by atoms with E-state index in [0.717, 1.165) is 42.7 Å². The normalized spacial score (nSPS) is 29.0. The molecule has 0 bridgehead atoms. The van der Waals surface area contributed by atoms with Crippen molar-refractivity contribution in [3.63, 3.8) is 0 Å². The fourth-order valence-corrected chi connectivity index (χ4v) is 5.29. The molecular weight excluding hydrogens is 359 g/mol. The lowest BCUT2D eigenvalue weighted by Gasteiger charge is -2.41. The number of alkyl halides is 3. The predicted molar refractivity (Wildman–Crippen MR) is 95.5 cm³/mol. The molecule has 2 fully saturated rings. The number of hydrogen-bond donors (Lipinski definition) is 0. The topological polar surface area (TPSA) is 0 Å². The van der Waals surface area contributed by atoms with E-state index >= 15 is 0 Å². The van der Waals surface area contributed by atoms with Gasteiger partial charge in [-0.1, -0.05) is 31.5 Å². The lowest BCUT2D eigenvalue weighted by Crippen LogP contribution is -2.29. The molecule has 2 aliphatic carbocycles. The summed E-state index contributed by atoms with van der Waals surface area (Å²) in [5, 5.41) is 0.0301. The van der Waals surface area contributed by atoms with Crippen molar-refractivity contribution < 1.29 is 22.0 Å². The first-order chi connectivity index (χ1) is 12.7. The van der Waals surface area contributed by atoms with Crippen LogP contribution in [0.25, 0.3) is 10.8 Å². The third-order valence-corrected chi connectivity index (χ3v) is 6.68. The second kappa shape index (κ2) is 6.75. The summed E-state index contributed by atoms with van der Waals surface area (Å²) in [4.78, 5) is 0. The second-order valence-electron chi connectivity index (χ2n) is 8.47. The number of benzene rings is 2. The Balaban J connectivity index is 1.65. The molecule has 4 atom stereocenters. The molecular formula is C22H23F5. The van der Waals surface area contributed by atoms with E-state index in [9.17, 15) is 22.0 Å². The number of rotatable bonds is 1. The molecule has 2 unspecified atom stereocenters. The van der Waals surface area contributed by atoms with Crippen molar-refractivity contribution in [1.29, 1.82) is 0 Å². The Morgan fingerprint density at radius 2 is 1.59 bits per heavy atom. The molecule has 2 aliphatic rings. The Bertz CT molecular complexity index is 854. The summed E-state index contributed by atoms with van der Waals surface area (Å²) in [5.41, 5.74) is -0.822. The Morgan fingerprint density at radius 3 is 2.33 bits per heavy atom. The average Bonchev–Trinajstić information content (AvgIpc) is 2.59. The van der Waals surface area contributed by atoms with Crippen LogP contribution in [0.5, 0.6) is 0 Å². The van der Waals surface area contributed by atoms with Crippen LogP contribution in [0.15, 0.2) is 24.3 Å². The molecule has 0 aromatic heterocycles. The van der Waals surface area contributed by atoms with Crippen LogP contribution in [-0.4, -0.2) is 0 Å². The van der Waals surface area contributed by atoms with E-state index in [1.54, 1.807) is 12.1 Å². The van der Waals surface area contributed by atoms with Gasteiger partial charge < -0.3 is 0 Å². The standard InChI is InChI=1S/C22H23F5/c1-12-2-3-14-9-15(5-4-13(14)8-12)16-6-7-18-17(10-16)11-19(23)20(21(18)24)22(25,26)27/h6-7,10-15H,2-5,8-9H2,1H3/t12-,13?,14-,15?/m1/s1. The van der Waals surface area contributed by atoms with E-state index in [1.807, 2.05) is 0 Å². The van der Waals surface area contributed by atoms with Crippen molar-refractivity contribution in [3.8, 4) is 0 Å². The highest BCUT2D eigenvalue weighted by atomic mass is 19.4. The largest absolute Gasteiger partial charge is 0.422 e. The fraction of sp³-hybridized carbons (Fsp3) is 0.545. The van der Waals surface area contributed by atoms with Crippen molar-refractivity contribution in [3.05, 3.63) is 47.0 Å². The van der Waals surface area contributed by atoms with Crippen LogP contribution in [-0.2, 0) is 6.18 Å². The van der Waals surface area contributed by atoms with E-state index < -0.39 is 23.4 Å². The molecule has 27 heavy (non-hydrogen) atoms. The van der Waals surface area contributed by atoms with Crippen LogP contribution in [0.2, 0.25) is 0 Å². The third kappa shape index (κ3) is 3.45. The van der Waals surface area contributed by atoms with Crippen LogP contribution < -0.4 is 0 Å². The smallest absolute Gasteiger partial charge is 0.206 e. The quantitative estimate of drug-likeness (QED) is 0.449. The average molecular weight is 382 g/mol. The molecule has 0 nitrogen and oxygen atoms in total. The van der Waals surface area contributed by atoms with Gasteiger partial charge in [0.25, 0.3) is 0 Å². The van der Waals surface area contributed by atoms with Gasteiger partial charge in [0.05, 0.1) is 0 Å². The maximum Gasteiger partial charge on any atom is 0.422 e. The van der Waals surface area contributed by atoms with Crippen molar-refractivity contribution in [2.45, 2.75) is 57.5 Å². The van der Waals surface area contributed by atoms with Gasteiger partial charge in [-0.05, 0) is 72.8 Å². The van der Waals surface area contributed by atoms with Crippen molar-refractivity contribution in [2.75, 3.05) is 0 Å². The molecule has 0 amide bonds. The molecule has 2 saturated carbocycles. The fourth-order valence-electron chi connectivity index (χ4n) is 5.29. The van der Waals surface area contributed by atoms with Crippen LogP contribution in [0.4, 0.5) is 22.0 Å². The second-order valence-corrected chi connectivity index (χ2v) is 8.47. The zero-order valence-corrected chi connectivity index (χ0v) is 15.3. The Morgan fingerprint density at radius 1 is 0.889 bits per heavy atom. The summed E-state index contributed by atoms with van der Waals surface area (Å²) in [6.07, 6.45) is 1.98. The predicted octanol–water partition coefficient (Wildman–Crippen LogP) is 7.46. The first-order valence-electron chi connectivity index (χ1n) is 9.73. The molecule has 146 valence electrons. The highest BCUT2D eigenvalue weighted by Gasteiger charge is 2.39. The van der Waals surface area contributed by atoms with Crippen LogP contribution in [0.1, 0.15) is 62.5 Å². The lowest BCUT2D eigenvalue weighted by molar-refractivity contribution is -0.142. The number of fused-ring (bicyclic) bond motifs is 2. The monoisotopic (exact) mass is 382 g/mol. The molecule has 2 aromatic rings. The first-order valence-corrected chi connectivity index (χ1v) is 9.73. The van der Waals surface area contributed by atoms with Crippen LogP contribution >= 0.6 is 0 Å². The summed E-state index contributed by atoms with van der Waals surface area (Å²) < 4.78 is 67.0. The SMILES string of the molecule is C[C@@H]1CC[C@@H]2CC(c3ccc4c(F)c(C(F)(F)F)c(F)cc4c3)CCC2C1. The van der Waals surface area contributed by atoms with Gasteiger partial charge in [-0.3, -0.25) is 0 Å². The van der Waals surface area contributed by atoms with Gasteiger partial charge in [0.15, 0.2) is 0 Å². The summed E-state index contributed by atoms with van der Waals surface area (Å²) in [7, 11) is 0. The van der Waals surface area contributed by atoms with Gasteiger partial charge in [-0.25, -0.2) is 8.78 Å². The minimum atomic E-state index is -5.04. The van der Waals surface area contributed by atoms with Gasteiger partial charge in [0.2, 0.25) is 0 Å². The maximum atomic E-state index is 14.3. The molecule has 0 saturated heterocycles. The molecule has 0 aliphatic heterocycles. The maximum absolute atomic E-state index is 14.3. The Labute approximate surface area is 155 Å². The van der Waals surface area contributed by atoms with Crippen molar-refractivity contribution in [2.24, 2.45) is 17.8 Å². The van der Waals surface area contributed by atoms with Crippen LogP contribution in [0, 0.1) is 29.4 Å². The Kier molecular flexibility index (Phi) is 4.68. The molecule has 0 N–H and O–H groups in total. The molecule has 0 heterocycles. The molecule has 5 heteroatoms. The van der Waals surface area contributed by atoms with E-state index in [4.69, 9.17) is 0 Å². The van der Waals surface area contributed by atoms with E-state index in [0.29, 0.717) is 11.8 Å². The highest BCUT2D eigenvalue weighted by molar-refractivity contribution is 5.85. The van der Waals surface area contributed by atoms with Crippen LogP contribution in [0.3, 0.4) is 0 Å². The molecule has 0 spiro atoms. The number of hydrogen-bond acceptors (Lipinski definition) is 0. The van der Waals surface area contributed by atoms with Crippen molar-refractivity contribution >= 4 is 10.8 Å². The van der Waals surface area contributed by atoms with Gasteiger partial charge >= 0.3 is 6.18 Å². The summed E-state index contributed by atoms with van der Waals surface area (Å²) in [6, 6.07) is 5.60.